The van der Waals surface area contributed by atoms with Crippen molar-refractivity contribution in [2.75, 3.05) is 18.4 Å². The highest BCUT2D eigenvalue weighted by Gasteiger charge is 2.30. The van der Waals surface area contributed by atoms with E-state index in [1.54, 1.807) is 0 Å². The second-order valence-electron chi connectivity index (χ2n) is 3.36. The van der Waals surface area contributed by atoms with E-state index in [2.05, 4.69) is 5.73 Å². The van der Waals surface area contributed by atoms with Crippen LogP contribution in [0.4, 0.5) is 36.4 Å². The summed E-state index contributed by atoms with van der Waals surface area (Å²) in [6.07, 6.45) is 0. The first-order chi connectivity index (χ1) is 8.21. The van der Waals surface area contributed by atoms with Crippen molar-refractivity contribution >= 4 is 5.69 Å². The molecule has 18 heavy (non-hydrogen) atoms. The Morgan fingerprint density at radius 2 is 1.22 bits per heavy atom. The maximum atomic E-state index is 13.0. The average molecular weight is 276 g/mol. The largest absolute Gasteiger partial charge is 0.374 e. The van der Waals surface area contributed by atoms with Crippen LogP contribution in [0.25, 0.3) is 0 Å². The zero-order valence-corrected chi connectivity index (χ0v) is 8.64. The molecule has 0 bridgehead atoms. The van der Waals surface area contributed by atoms with E-state index < -0.39 is 53.8 Å². The lowest BCUT2D eigenvalue weighted by Crippen LogP contribution is -2.35. The van der Waals surface area contributed by atoms with Gasteiger partial charge in [0.1, 0.15) is 5.69 Å². The Morgan fingerprint density at radius 1 is 0.833 bits per heavy atom. The molecule has 0 saturated carbocycles. The third-order valence-corrected chi connectivity index (χ3v) is 2.03. The Kier molecular flexibility index (Phi) is 4.05. The van der Waals surface area contributed by atoms with Gasteiger partial charge in [0.2, 0.25) is 5.82 Å². The van der Waals surface area contributed by atoms with Gasteiger partial charge >= 0.3 is 0 Å². The molecule has 0 saturated heterocycles. The van der Waals surface area contributed by atoms with Crippen LogP contribution in [0.1, 0.15) is 0 Å². The Hall–Kier alpha value is -1.51. The second-order valence-corrected chi connectivity index (χ2v) is 3.36. The van der Waals surface area contributed by atoms with Gasteiger partial charge in [0.15, 0.2) is 23.3 Å². The van der Waals surface area contributed by atoms with Crippen LogP contribution in [0.15, 0.2) is 0 Å². The van der Waals surface area contributed by atoms with E-state index in [0.717, 1.165) is 0 Å². The summed E-state index contributed by atoms with van der Waals surface area (Å²) >= 11 is 0. The fraction of sp³-hybridized carbons (Fsp3) is 0.333. The molecule has 0 amide bonds. The molecule has 0 aliphatic heterocycles. The summed E-state index contributed by atoms with van der Waals surface area (Å²) in [5.74, 6) is -14.8. The first kappa shape index (κ1) is 14.6. The minimum absolute atomic E-state index is 1.14. The molecule has 3 N–H and O–H groups in total. The van der Waals surface area contributed by atoms with Crippen LogP contribution in [0, 0.1) is 29.1 Å². The number of anilines is 1. The van der Waals surface area contributed by atoms with Crippen LogP contribution in [0.5, 0.6) is 0 Å². The summed E-state index contributed by atoms with van der Waals surface area (Å²) in [4.78, 5) is 0. The molecule has 1 aromatic carbocycles. The standard InChI is InChI=1S/C9H7F7N2/c10-3-4(11)6(13)8(7(14)5(3)12)18-2-9(15,16)1-17/h18H,1-2,17H2. The SMILES string of the molecule is NCC(F)(F)CNc1c(F)c(F)c(F)c(F)c1F. The lowest BCUT2D eigenvalue weighted by Gasteiger charge is -2.16. The molecule has 0 heterocycles. The van der Waals surface area contributed by atoms with Crippen LogP contribution in [0.3, 0.4) is 0 Å². The van der Waals surface area contributed by atoms with Crippen molar-refractivity contribution in [3.63, 3.8) is 0 Å². The van der Waals surface area contributed by atoms with Gasteiger partial charge in [-0.2, -0.15) is 0 Å². The van der Waals surface area contributed by atoms with Crippen molar-refractivity contribution in [2.45, 2.75) is 5.92 Å². The molecule has 102 valence electrons. The van der Waals surface area contributed by atoms with Gasteiger partial charge in [-0.15, -0.1) is 0 Å². The summed E-state index contributed by atoms with van der Waals surface area (Å²) in [5, 5.41) is 1.45. The van der Waals surface area contributed by atoms with Crippen LogP contribution in [-0.4, -0.2) is 19.0 Å². The van der Waals surface area contributed by atoms with Gasteiger partial charge in [-0.3, -0.25) is 0 Å². The molecule has 0 unspecified atom stereocenters. The van der Waals surface area contributed by atoms with Crippen molar-refractivity contribution in [3.05, 3.63) is 29.1 Å². The molecule has 0 spiro atoms. The predicted molar refractivity (Wildman–Crippen MR) is 48.7 cm³/mol. The normalized spacial score (nSPS) is 11.8. The minimum atomic E-state index is -3.54. The van der Waals surface area contributed by atoms with E-state index >= 15 is 0 Å². The fourth-order valence-corrected chi connectivity index (χ4v) is 1.05. The van der Waals surface area contributed by atoms with Crippen molar-refractivity contribution < 1.29 is 30.7 Å². The zero-order valence-electron chi connectivity index (χ0n) is 8.64. The van der Waals surface area contributed by atoms with Crippen molar-refractivity contribution in [3.8, 4) is 0 Å². The lowest BCUT2D eigenvalue weighted by atomic mass is 10.2. The number of nitrogens with two attached hydrogens (primary N) is 1. The molecule has 1 aromatic rings. The number of hydrogen-bond donors (Lipinski definition) is 2. The van der Waals surface area contributed by atoms with Crippen molar-refractivity contribution in [1.29, 1.82) is 0 Å². The molecule has 0 radical (unpaired) electrons. The third kappa shape index (κ3) is 2.66. The zero-order chi connectivity index (χ0) is 14.1. The van der Waals surface area contributed by atoms with Gasteiger partial charge in [0.25, 0.3) is 5.92 Å². The van der Waals surface area contributed by atoms with Crippen LogP contribution in [-0.2, 0) is 0 Å². The monoisotopic (exact) mass is 276 g/mol. The van der Waals surface area contributed by atoms with Crippen molar-refractivity contribution in [1.82, 2.24) is 0 Å². The molecule has 1 rings (SSSR count). The maximum absolute atomic E-state index is 13.0. The first-order valence-electron chi connectivity index (χ1n) is 4.54. The van der Waals surface area contributed by atoms with Gasteiger partial charge < -0.3 is 11.1 Å². The summed E-state index contributed by atoms with van der Waals surface area (Å²) in [7, 11) is 0. The highest BCUT2D eigenvalue weighted by molar-refractivity contribution is 5.47. The molecule has 0 atom stereocenters. The van der Waals surface area contributed by atoms with E-state index in [1.165, 1.54) is 5.32 Å². The molecule has 9 heteroatoms. The van der Waals surface area contributed by atoms with E-state index in [0.29, 0.717) is 0 Å². The van der Waals surface area contributed by atoms with Gasteiger partial charge in [-0.05, 0) is 0 Å². The summed E-state index contributed by atoms with van der Waals surface area (Å²) in [6.45, 7) is -2.50. The summed E-state index contributed by atoms with van der Waals surface area (Å²) in [6, 6.07) is 0. The van der Waals surface area contributed by atoms with Crippen LogP contribution in [0.2, 0.25) is 0 Å². The molecular weight excluding hydrogens is 269 g/mol. The number of nitrogens with one attached hydrogen (secondary N) is 1. The average Bonchev–Trinajstić information content (AvgIpc) is 2.34. The number of alkyl halides is 2. The van der Waals surface area contributed by atoms with E-state index in [1.807, 2.05) is 0 Å². The van der Waals surface area contributed by atoms with Crippen molar-refractivity contribution in [2.24, 2.45) is 5.73 Å². The Bertz CT molecular complexity index is 432. The molecule has 0 aliphatic rings. The number of benzene rings is 1. The van der Waals surface area contributed by atoms with E-state index in [-0.39, 0.29) is 0 Å². The molecular formula is C9H7F7N2. The number of hydrogen-bond acceptors (Lipinski definition) is 2. The molecule has 0 aliphatic carbocycles. The van der Waals surface area contributed by atoms with Gasteiger partial charge in [-0.1, -0.05) is 0 Å². The molecule has 2 nitrogen and oxygen atoms in total. The highest BCUT2D eigenvalue weighted by atomic mass is 19.3. The quantitative estimate of drug-likeness (QED) is 0.503. The molecule has 0 fully saturated rings. The number of rotatable bonds is 4. The first-order valence-corrected chi connectivity index (χ1v) is 4.54. The van der Waals surface area contributed by atoms with Gasteiger partial charge in [0.05, 0.1) is 13.1 Å². The molecule has 0 aromatic heterocycles. The van der Waals surface area contributed by atoms with E-state index in [4.69, 9.17) is 0 Å². The minimum Gasteiger partial charge on any atom is -0.374 e. The van der Waals surface area contributed by atoms with E-state index in [9.17, 15) is 30.7 Å². The topological polar surface area (TPSA) is 38.0 Å². The fourth-order valence-electron chi connectivity index (χ4n) is 1.05. The summed E-state index contributed by atoms with van der Waals surface area (Å²) in [5.41, 5.74) is 3.13. The summed E-state index contributed by atoms with van der Waals surface area (Å²) < 4.78 is 89.4. The van der Waals surface area contributed by atoms with Gasteiger partial charge in [-0.25, -0.2) is 30.7 Å². The maximum Gasteiger partial charge on any atom is 0.276 e. The third-order valence-electron chi connectivity index (χ3n) is 2.03. The number of halogens is 7. The smallest absolute Gasteiger partial charge is 0.276 e. The Morgan fingerprint density at radius 3 is 1.61 bits per heavy atom. The second kappa shape index (κ2) is 5.01. The lowest BCUT2D eigenvalue weighted by molar-refractivity contribution is 0.0252. The Labute approximate surface area is 96.6 Å². The van der Waals surface area contributed by atoms with Crippen LogP contribution < -0.4 is 11.1 Å². The van der Waals surface area contributed by atoms with Crippen LogP contribution >= 0.6 is 0 Å². The Balaban J connectivity index is 3.11. The highest BCUT2D eigenvalue weighted by Crippen LogP contribution is 2.27. The van der Waals surface area contributed by atoms with Gasteiger partial charge in [0, 0.05) is 0 Å². The predicted octanol–water partition coefficient (Wildman–Crippen LogP) is 2.39.